The van der Waals surface area contributed by atoms with Crippen molar-refractivity contribution in [2.24, 2.45) is 0 Å². The molecule has 2 nitrogen and oxygen atoms in total. The number of rotatable bonds is 8. The van der Waals surface area contributed by atoms with Gasteiger partial charge in [-0.05, 0) is 60.5 Å². The van der Waals surface area contributed by atoms with E-state index >= 15 is 0 Å². The van der Waals surface area contributed by atoms with Crippen molar-refractivity contribution in [2.45, 2.75) is 32.7 Å². The number of halogens is 1. The van der Waals surface area contributed by atoms with E-state index in [1.807, 2.05) is 6.07 Å². The third kappa shape index (κ3) is 5.13. The van der Waals surface area contributed by atoms with Crippen LogP contribution in [-0.2, 0) is 6.42 Å². The lowest BCUT2D eigenvalue weighted by Gasteiger charge is -2.18. The average Bonchev–Trinajstić information content (AvgIpc) is 2.99. The molecule has 1 N–H and O–H groups in total. The molecule has 0 saturated carbocycles. The molecule has 0 radical (unpaired) electrons. The van der Waals surface area contributed by atoms with Gasteiger partial charge in [-0.3, -0.25) is 0 Å². The molecule has 21 heavy (non-hydrogen) atoms. The molecule has 0 bridgehead atoms. The smallest absolute Gasteiger partial charge is 0.124 e. The van der Waals surface area contributed by atoms with E-state index in [0.29, 0.717) is 12.6 Å². The summed E-state index contributed by atoms with van der Waals surface area (Å²) in [6.45, 7) is 6.09. The number of nitrogens with one attached hydrogen (secondary N) is 1. The molecule has 1 heterocycles. The van der Waals surface area contributed by atoms with Crippen LogP contribution in [0.1, 0.15) is 37.4 Å². The number of thiophene rings is 1. The third-order valence-electron chi connectivity index (χ3n) is 3.37. The highest BCUT2D eigenvalue weighted by Crippen LogP contribution is 2.28. The monoisotopic (exact) mass is 367 g/mol. The molecule has 2 aromatic rings. The molecule has 114 valence electrons. The van der Waals surface area contributed by atoms with Gasteiger partial charge in [-0.1, -0.05) is 22.9 Å². The van der Waals surface area contributed by atoms with E-state index in [0.717, 1.165) is 29.6 Å². The third-order valence-corrected chi connectivity index (χ3v) is 4.59. The maximum absolute atomic E-state index is 6.01. The Kier molecular flexibility index (Phi) is 6.74. The average molecular weight is 368 g/mol. The van der Waals surface area contributed by atoms with Crippen LogP contribution in [0.4, 0.5) is 0 Å². The maximum atomic E-state index is 6.01. The summed E-state index contributed by atoms with van der Waals surface area (Å²) in [5.74, 6) is 0.976. The fourth-order valence-electron chi connectivity index (χ4n) is 2.17. The van der Waals surface area contributed by atoms with E-state index in [2.05, 4.69) is 64.1 Å². The van der Waals surface area contributed by atoms with Gasteiger partial charge < -0.3 is 10.1 Å². The van der Waals surface area contributed by atoms with Gasteiger partial charge in [0.25, 0.3) is 0 Å². The minimum absolute atomic E-state index is 0.290. The second kappa shape index (κ2) is 8.57. The van der Waals surface area contributed by atoms with Gasteiger partial charge in [0.2, 0.25) is 0 Å². The van der Waals surface area contributed by atoms with Gasteiger partial charge in [0, 0.05) is 22.5 Å². The van der Waals surface area contributed by atoms with Gasteiger partial charge in [0.1, 0.15) is 5.75 Å². The van der Waals surface area contributed by atoms with E-state index in [1.54, 1.807) is 11.3 Å². The lowest BCUT2D eigenvalue weighted by Crippen LogP contribution is -2.20. The second-order valence-electron chi connectivity index (χ2n) is 5.09. The molecule has 2 rings (SSSR count). The number of ether oxygens (including phenoxy) is 1. The van der Waals surface area contributed by atoms with Crippen LogP contribution in [0.25, 0.3) is 0 Å². The highest BCUT2D eigenvalue weighted by molar-refractivity contribution is 9.10. The Morgan fingerprint density at radius 2 is 2.19 bits per heavy atom. The summed E-state index contributed by atoms with van der Waals surface area (Å²) in [6.07, 6.45) is 2.09. The topological polar surface area (TPSA) is 21.3 Å². The van der Waals surface area contributed by atoms with E-state index < -0.39 is 0 Å². The standard InChI is InChI=1S/C17H22BrNOS/c1-3-8-19-13(2)16-11-15(18)4-5-17(16)20-9-6-14-7-10-21-12-14/h4-5,7,10-13,19H,3,6,8-9H2,1-2H3. The lowest BCUT2D eigenvalue weighted by atomic mass is 10.1. The first-order chi connectivity index (χ1) is 10.2. The second-order valence-corrected chi connectivity index (χ2v) is 6.78. The zero-order valence-corrected chi connectivity index (χ0v) is 15.0. The predicted molar refractivity (Wildman–Crippen MR) is 94.4 cm³/mol. The van der Waals surface area contributed by atoms with Crippen molar-refractivity contribution in [1.82, 2.24) is 5.32 Å². The first-order valence-corrected chi connectivity index (χ1v) is 9.11. The van der Waals surface area contributed by atoms with Crippen LogP contribution in [0.2, 0.25) is 0 Å². The molecule has 1 aromatic carbocycles. The molecule has 1 aromatic heterocycles. The fourth-order valence-corrected chi connectivity index (χ4v) is 3.26. The van der Waals surface area contributed by atoms with Gasteiger partial charge in [-0.15, -0.1) is 0 Å². The van der Waals surface area contributed by atoms with Crippen LogP contribution < -0.4 is 10.1 Å². The Hall–Kier alpha value is -0.840. The van der Waals surface area contributed by atoms with E-state index in [4.69, 9.17) is 4.74 Å². The molecule has 0 aliphatic rings. The normalized spacial score (nSPS) is 12.3. The first-order valence-electron chi connectivity index (χ1n) is 7.37. The molecule has 0 spiro atoms. The summed E-state index contributed by atoms with van der Waals surface area (Å²) in [4.78, 5) is 0. The molecule has 1 atom stereocenters. The van der Waals surface area contributed by atoms with Crippen molar-refractivity contribution >= 4 is 27.3 Å². The van der Waals surface area contributed by atoms with Gasteiger partial charge >= 0.3 is 0 Å². The number of hydrogen-bond donors (Lipinski definition) is 1. The van der Waals surface area contributed by atoms with Gasteiger partial charge in [0.15, 0.2) is 0 Å². The Labute approximate surface area is 139 Å². The van der Waals surface area contributed by atoms with Crippen LogP contribution in [0, 0.1) is 0 Å². The lowest BCUT2D eigenvalue weighted by molar-refractivity contribution is 0.315. The van der Waals surface area contributed by atoms with Crippen molar-refractivity contribution in [3.63, 3.8) is 0 Å². The molecule has 0 amide bonds. The zero-order chi connectivity index (χ0) is 15.1. The first kappa shape index (κ1) is 16.5. The quantitative estimate of drug-likeness (QED) is 0.692. The van der Waals surface area contributed by atoms with E-state index in [9.17, 15) is 0 Å². The highest BCUT2D eigenvalue weighted by Gasteiger charge is 2.12. The molecule has 0 saturated heterocycles. The summed E-state index contributed by atoms with van der Waals surface area (Å²) in [5, 5.41) is 7.81. The van der Waals surface area contributed by atoms with Crippen molar-refractivity contribution in [2.75, 3.05) is 13.2 Å². The summed E-state index contributed by atoms with van der Waals surface area (Å²) < 4.78 is 7.10. The van der Waals surface area contributed by atoms with Gasteiger partial charge in [0.05, 0.1) is 6.61 Å². The van der Waals surface area contributed by atoms with Crippen LogP contribution in [0.15, 0.2) is 39.5 Å². The largest absolute Gasteiger partial charge is 0.493 e. The van der Waals surface area contributed by atoms with Crippen LogP contribution in [0.5, 0.6) is 5.75 Å². The molecule has 1 unspecified atom stereocenters. The molecule has 0 aliphatic carbocycles. The Morgan fingerprint density at radius 3 is 2.90 bits per heavy atom. The van der Waals surface area contributed by atoms with Crippen molar-refractivity contribution < 1.29 is 4.74 Å². The van der Waals surface area contributed by atoms with Crippen LogP contribution in [0.3, 0.4) is 0 Å². The van der Waals surface area contributed by atoms with Crippen LogP contribution in [-0.4, -0.2) is 13.2 Å². The Balaban J connectivity index is 2.00. The SMILES string of the molecule is CCCNC(C)c1cc(Br)ccc1OCCc1ccsc1. The number of hydrogen-bond acceptors (Lipinski definition) is 3. The van der Waals surface area contributed by atoms with Gasteiger partial charge in [-0.2, -0.15) is 11.3 Å². The number of benzene rings is 1. The van der Waals surface area contributed by atoms with Crippen LogP contribution >= 0.6 is 27.3 Å². The fraction of sp³-hybridized carbons (Fsp3) is 0.412. The molecule has 4 heteroatoms. The highest BCUT2D eigenvalue weighted by atomic mass is 79.9. The summed E-state index contributed by atoms with van der Waals surface area (Å²) in [5.41, 5.74) is 2.55. The summed E-state index contributed by atoms with van der Waals surface area (Å²) >= 11 is 5.28. The van der Waals surface area contributed by atoms with E-state index in [1.165, 1.54) is 11.1 Å². The maximum Gasteiger partial charge on any atom is 0.124 e. The Bertz CT molecular complexity index is 542. The Morgan fingerprint density at radius 1 is 1.33 bits per heavy atom. The molecular weight excluding hydrogens is 346 g/mol. The minimum Gasteiger partial charge on any atom is -0.493 e. The van der Waals surface area contributed by atoms with Crippen molar-refractivity contribution in [3.8, 4) is 5.75 Å². The zero-order valence-electron chi connectivity index (χ0n) is 12.6. The summed E-state index contributed by atoms with van der Waals surface area (Å²) in [7, 11) is 0. The minimum atomic E-state index is 0.290. The van der Waals surface area contributed by atoms with Crippen molar-refractivity contribution in [1.29, 1.82) is 0 Å². The predicted octanol–water partition coefficient (Wildman–Crippen LogP) is 5.19. The van der Waals surface area contributed by atoms with E-state index in [-0.39, 0.29) is 0 Å². The summed E-state index contributed by atoms with van der Waals surface area (Å²) in [6, 6.07) is 8.68. The molecule has 0 fully saturated rings. The molecule has 0 aliphatic heterocycles. The van der Waals surface area contributed by atoms with Gasteiger partial charge in [-0.25, -0.2) is 0 Å². The van der Waals surface area contributed by atoms with Crippen molar-refractivity contribution in [3.05, 3.63) is 50.6 Å². The molecular formula is C17H22BrNOS.